The zero-order valence-electron chi connectivity index (χ0n) is 23.7. The van der Waals surface area contributed by atoms with Gasteiger partial charge in [0.2, 0.25) is 11.8 Å². The molecule has 2 aromatic rings. The number of carbonyl (C=O) groups excluding carboxylic acids is 3. The second-order valence-electron chi connectivity index (χ2n) is 10.5. The van der Waals surface area contributed by atoms with Gasteiger partial charge >= 0.3 is 11.9 Å². The van der Waals surface area contributed by atoms with Gasteiger partial charge < -0.3 is 31.2 Å². The van der Waals surface area contributed by atoms with Crippen molar-refractivity contribution in [2.24, 2.45) is 17.6 Å². The van der Waals surface area contributed by atoms with Gasteiger partial charge in [0.25, 0.3) is 0 Å². The molecule has 10 heteroatoms. The molecule has 0 spiro atoms. The van der Waals surface area contributed by atoms with Gasteiger partial charge in [0, 0.05) is 23.5 Å². The number of unbranched alkanes of at least 4 members (excludes halogenated alkanes) is 1. The molecule has 0 aliphatic carbocycles. The van der Waals surface area contributed by atoms with Crippen molar-refractivity contribution in [1.29, 1.82) is 0 Å². The van der Waals surface area contributed by atoms with E-state index in [0.29, 0.717) is 6.42 Å². The summed E-state index contributed by atoms with van der Waals surface area (Å²) in [5.74, 6) is -3.00. The Hall–Kier alpha value is -3.40. The first-order chi connectivity index (χ1) is 18.5. The second kappa shape index (κ2) is 15.3. The maximum absolute atomic E-state index is 13.3. The number of ether oxygens (including phenoxy) is 1. The normalized spacial score (nSPS) is 15.9. The van der Waals surface area contributed by atoms with Crippen LogP contribution in [0.25, 0.3) is 10.9 Å². The first-order valence-corrected chi connectivity index (χ1v) is 13.8. The van der Waals surface area contributed by atoms with Gasteiger partial charge in [-0.2, -0.15) is 0 Å². The van der Waals surface area contributed by atoms with Crippen molar-refractivity contribution in [3.05, 3.63) is 36.0 Å². The first-order valence-electron chi connectivity index (χ1n) is 13.8. The number of nitrogens with two attached hydrogens (primary N) is 1. The predicted octanol–water partition coefficient (Wildman–Crippen LogP) is 3.29. The van der Waals surface area contributed by atoms with Crippen LogP contribution in [0.5, 0.6) is 0 Å². The molecule has 1 aromatic heterocycles. The highest BCUT2D eigenvalue weighted by atomic mass is 16.5. The summed E-state index contributed by atoms with van der Waals surface area (Å²) in [7, 11) is 0. The summed E-state index contributed by atoms with van der Waals surface area (Å²) in [6.45, 7) is 9.17. The Balaban J connectivity index is 2.23. The Kier molecular flexibility index (Phi) is 12.4. The molecule has 0 aliphatic rings. The van der Waals surface area contributed by atoms with Gasteiger partial charge in [0.1, 0.15) is 24.2 Å². The topological polar surface area (TPSA) is 164 Å². The van der Waals surface area contributed by atoms with Crippen LogP contribution in [0.2, 0.25) is 0 Å². The second-order valence-corrected chi connectivity index (χ2v) is 10.5. The van der Waals surface area contributed by atoms with Gasteiger partial charge in [-0.1, -0.05) is 65.2 Å². The fourth-order valence-corrected chi connectivity index (χ4v) is 4.33. The molecule has 6 atom stereocenters. The number of fused-ring (bicyclic) bond motifs is 1. The van der Waals surface area contributed by atoms with Crippen LogP contribution in [-0.4, -0.2) is 58.1 Å². The molecule has 216 valence electrons. The lowest BCUT2D eigenvalue weighted by Crippen LogP contribution is -2.52. The van der Waals surface area contributed by atoms with Crippen LogP contribution in [0.4, 0.5) is 0 Å². The molecule has 6 N–H and O–H groups in total. The SMILES string of the molecule is CCCC[C@@H](C)[C@@H](CC(=O)N[C@@H](Cc1c[nH]c2ccccc12)C(=O)N[C@@H](C)C(=O)O)OC(=O)[C@H](N)[C@@H](C)CC. The maximum Gasteiger partial charge on any atom is 0.325 e. The van der Waals surface area contributed by atoms with Crippen molar-refractivity contribution in [2.75, 3.05) is 0 Å². The number of aromatic nitrogens is 1. The number of H-pyrrole nitrogens is 1. The van der Waals surface area contributed by atoms with Gasteiger partial charge in [-0.3, -0.25) is 19.2 Å². The smallest absolute Gasteiger partial charge is 0.325 e. The number of carboxylic acid groups (broad SMARTS) is 1. The fourth-order valence-electron chi connectivity index (χ4n) is 4.33. The van der Waals surface area contributed by atoms with Crippen LogP contribution >= 0.6 is 0 Å². The quantitative estimate of drug-likeness (QED) is 0.202. The number of esters is 1. The van der Waals surface area contributed by atoms with E-state index in [1.807, 2.05) is 45.0 Å². The number of hydrogen-bond donors (Lipinski definition) is 5. The number of carbonyl (C=O) groups is 4. The number of rotatable bonds is 16. The zero-order chi connectivity index (χ0) is 29.1. The molecule has 0 unspecified atom stereocenters. The average Bonchev–Trinajstić information content (AvgIpc) is 3.32. The number of benzene rings is 1. The highest BCUT2D eigenvalue weighted by Gasteiger charge is 2.31. The molecule has 1 heterocycles. The molecule has 0 aliphatic heterocycles. The lowest BCUT2D eigenvalue weighted by atomic mass is 9.94. The Morgan fingerprint density at radius 2 is 1.74 bits per heavy atom. The molecule has 2 rings (SSSR count). The van der Waals surface area contributed by atoms with E-state index in [1.165, 1.54) is 6.92 Å². The van der Waals surface area contributed by atoms with Crippen molar-refractivity contribution in [2.45, 2.75) is 97.4 Å². The fraction of sp³-hybridized carbons (Fsp3) is 0.586. The van der Waals surface area contributed by atoms with E-state index in [0.717, 1.165) is 35.7 Å². The van der Waals surface area contributed by atoms with E-state index < -0.39 is 48.0 Å². The molecule has 0 saturated carbocycles. The first kappa shape index (κ1) is 31.8. The third kappa shape index (κ3) is 9.38. The minimum Gasteiger partial charge on any atom is -0.480 e. The summed E-state index contributed by atoms with van der Waals surface area (Å²) in [5.41, 5.74) is 7.76. The highest BCUT2D eigenvalue weighted by Crippen LogP contribution is 2.22. The lowest BCUT2D eigenvalue weighted by Gasteiger charge is -2.27. The van der Waals surface area contributed by atoms with Crippen molar-refractivity contribution in [3.63, 3.8) is 0 Å². The van der Waals surface area contributed by atoms with Crippen LogP contribution in [0.1, 0.15) is 72.3 Å². The Bertz CT molecular complexity index is 1120. The van der Waals surface area contributed by atoms with Crippen molar-refractivity contribution < 1.29 is 29.0 Å². The van der Waals surface area contributed by atoms with E-state index in [1.54, 1.807) is 6.20 Å². The number of aromatic amines is 1. The lowest BCUT2D eigenvalue weighted by molar-refractivity contribution is -0.156. The van der Waals surface area contributed by atoms with Crippen LogP contribution in [0.3, 0.4) is 0 Å². The largest absolute Gasteiger partial charge is 0.480 e. The predicted molar refractivity (Wildman–Crippen MR) is 150 cm³/mol. The zero-order valence-corrected chi connectivity index (χ0v) is 23.7. The number of nitrogens with one attached hydrogen (secondary N) is 3. The summed E-state index contributed by atoms with van der Waals surface area (Å²) in [4.78, 5) is 53.6. The molecule has 39 heavy (non-hydrogen) atoms. The van der Waals surface area contributed by atoms with Crippen LogP contribution in [0.15, 0.2) is 30.5 Å². The molecular formula is C29H44N4O6. The van der Waals surface area contributed by atoms with Gasteiger partial charge in [0.15, 0.2) is 0 Å². The maximum atomic E-state index is 13.3. The van der Waals surface area contributed by atoms with Gasteiger partial charge in [-0.25, -0.2) is 0 Å². The molecule has 2 amide bonds. The summed E-state index contributed by atoms with van der Waals surface area (Å²) < 4.78 is 5.76. The van der Waals surface area contributed by atoms with Crippen LogP contribution in [-0.2, 0) is 30.3 Å². The van der Waals surface area contributed by atoms with Gasteiger partial charge in [-0.05, 0) is 36.8 Å². The monoisotopic (exact) mass is 544 g/mol. The highest BCUT2D eigenvalue weighted by molar-refractivity contribution is 5.92. The summed E-state index contributed by atoms with van der Waals surface area (Å²) >= 11 is 0. The van der Waals surface area contributed by atoms with Crippen molar-refractivity contribution in [1.82, 2.24) is 15.6 Å². The third-order valence-electron chi connectivity index (χ3n) is 7.31. The van der Waals surface area contributed by atoms with Crippen molar-refractivity contribution in [3.8, 4) is 0 Å². The summed E-state index contributed by atoms with van der Waals surface area (Å²) in [6, 6.07) is 4.60. The Morgan fingerprint density at radius 3 is 2.38 bits per heavy atom. The van der Waals surface area contributed by atoms with Crippen LogP contribution < -0.4 is 16.4 Å². The number of carboxylic acids is 1. The van der Waals surface area contributed by atoms with E-state index in [-0.39, 0.29) is 24.7 Å². The third-order valence-corrected chi connectivity index (χ3v) is 7.31. The van der Waals surface area contributed by atoms with Gasteiger partial charge in [-0.15, -0.1) is 0 Å². The number of hydrogen-bond acceptors (Lipinski definition) is 6. The molecule has 0 saturated heterocycles. The number of amides is 2. The van der Waals surface area contributed by atoms with Crippen LogP contribution in [0, 0.1) is 11.8 Å². The van der Waals surface area contributed by atoms with Gasteiger partial charge in [0.05, 0.1) is 6.42 Å². The minimum absolute atomic E-state index is 0.0709. The van der Waals surface area contributed by atoms with E-state index in [4.69, 9.17) is 10.5 Å². The molecule has 10 nitrogen and oxygen atoms in total. The Labute approximate surface area is 230 Å². The number of para-hydroxylation sites is 1. The molecule has 0 fully saturated rings. The number of aliphatic carboxylic acids is 1. The summed E-state index contributed by atoms with van der Waals surface area (Å²) in [6.07, 6.45) is 4.39. The molecule has 0 bridgehead atoms. The van der Waals surface area contributed by atoms with E-state index >= 15 is 0 Å². The Morgan fingerprint density at radius 1 is 1.05 bits per heavy atom. The van der Waals surface area contributed by atoms with E-state index in [2.05, 4.69) is 22.5 Å². The molecule has 1 aromatic carbocycles. The minimum atomic E-state index is -1.19. The summed E-state index contributed by atoms with van der Waals surface area (Å²) in [5, 5.41) is 15.4. The molecular weight excluding hydrogens is 500 g/mol. The average molecular weight is 545 g/mol. The van der Waals surface area contributed by atoms with E-state index in [9.17, 15) is 24.3 Å². The van der Waals surface area contributed by atoms with Crippen molar-refractivity contribution >= 4 is 34.7 Å². The molecule has 0 radical (unpaired) electrons. The standard InChI is InChI=1S/C29H44N4O6/c1-6-8-11-18(4)24(39-29(38)26(30)17(3)7-2)15-25(34)33-23(27(35)32-19(5)28(36)37)14-20-16-31-22-13-10-9-12-21(20)22/h9-10,12-13,16-19,23-24,26,31H,6-8,11,14-15,30H2,1-5H3,(H,32,35)(H,33,34)(H,36,37)/t17-,18+,19-,23-,24+,26+/m0/s1.